The van der Waals surface area contributed by atoms with Crippen molar-refractivity contribution in [2.24, 2.45) is 0 Å². The summed E-state index contributed by atoms with van der Waals surface area (Å²) in [6.45, 7) is 1.81. The summed E-state index contributed by atoms with van der Waals surface area (Å²) in [4.78, 5) is 10.6. The van der Waals surface area contributed by atoms with E-state index >= 15 is 0 Å². The molecule has 2 aromatic carbocycles. The van der Waals surface area contributed by atoms with Gasteiger partial charge in [-0.1, -0.05) is 0 Å². The maximum atomic E-state index is 13.0. The predicted octanol–water partition coefficient (Wildman–Crippen LogP) is 3.53. The largest absolute Gasteiger partial charge is 0.363 e. The number of benzene rings is 2. The Morgan fingerprint density at radius 2 is 1.54 bits per heavy atom. The Hall–Kier alpha value is -3.20. The number of aryl methyl sites for hydroxylation is 1. The maximum absolute atomic E-state index is 13.0. The van der Waals surface area contributed by atoms with Crippen LogP contribution in [0.3, 0.4) is 0 Å². The molecule has 146 valence electrons. The van der Waals surface area contributed by atoms with Gasteiger partial charge >= 0.3 is 0 Å². The molecule has 0 spiro atoms. The molecule has 7 nitrogen and oxygen atoms in total. The van der Waals surface area contributed by atoms with Crippen molar-refractivity contribution in [1.29, 1.82) is 0 Å². The Morgan fingerprint density at radius 1 is 0.929 bits per heavy atom. The smallest absolute Gasteiger partial charge is 0.261 e. The lowest BCUT2D eigenvalue weighted by molar-refractivity contribution is 0.599. The molecule has 0 aliphatic heterocycles. The van der Waals surface area contributed by atoms with E-state index in [1.807, 2.05) is 32.0 Å². The van der Waals surface area contributed by atoms with Crippen LogP contribution in [0.15, 0.2) is 59.5 Å². The van der Waals surface area contributed by atoms with E-state index in [-0.39, 0.29) is 4.90 Å². The number of hydrogen-bond donors (Lipinski definition) is 2. The van der Waals surface area contributed by atoms with Gasteiger partial charge in [0.1, 0.15) is 23.3 Å². The van der Waals surface area contributed by atoms with Crippen LogP contribution >= 0.6 is 0 Å². The summed E-state index contributed by atoms with van der Waals surface area (Å²) in [5.41, 5.74) is 1.13. The third-order valence-electron chi connectivity index (χ3n) is 3.82. The van der Waals surface area contributed by atoms with Gasteiger partial charge in [0, 0.05) is 31.5 Å². The van der Waals surface area contributed by atoms with Crippen LogP contribution < -0.4 is 14.9 Å². The number of nitrogens with one attached hydrogen (secondary N) is 2. The second kappa shape index (κ2) is 7.81. The minimum atomic E-state index is -3.79. The molecule has 2 N–H and O–H groups in total. The summed E-state index contributed by atoms with van der Waals surface area (Å²) in [6.07, 6.45) is 0. The summed E-state index contributed by atoms with van der Waals surface area (Å²) < 4.78 is 40.2. The average molecular weight is 401 g/mol. The molecule has 9 heteroatoms. The number of anilines is 4. The van der Waals surface area contributed by atoms with Crippen LogP contribution in [0.25, 0.3) is 0 Å². The molecule has 0 saturated heterocycles. The summed E-state index contributed by atoms with van der Waals surface area (Å²) in [6, 6.07) is 13.2. The minimum Gasteiger partial charge on any atom is -0.363 e. The van der Waals surface area contributed by atoms with Crippen molar-refractivity contribution >= 4 is 33.0 Å². The minimum absolute atomic E-state index is 0.0104. The van der Waals surface area contributed by atoms with Crippen LogP contribution in [0.1, 0.15) is 5.82 Å². The van der Waals surface area contributed by atoms with Gasteiger partial charge in [-0.25, -0.2) is 22.8 Å². The van der Waals surface area contributed by atoms with Crippen LogP contribution in [-0.4, -0.2) is 32.5 Å². The van der Waals surface area contributed by atoms with E-state index in [9.17, 15) is 12.8 Å². The highest BCUT2D eigenvalue weighted by molar-refractivity contribution is 7.92. The molecule has 0 radical (unpaired) electrons. The first kappa shape index (κ1) is 19.6. The molecule has 0 aliphatic rings. The highest BCUT2D eigenvalue weighted by atomic mass is 32.2. The van der Waals surface area contributed by atoms with Gasteiger partial charge in [-0.3, -0.25) is 4.72 Å². The first-order chi connectivity index (χ1) is 13.2. The van der Waals surface area contributed by atoms with Gasteiger partial charge in [0.25, 0.3) is 10.0 Å². The topological polar surface area (TPSA) is 87.2 Å². The highest BCUT2D eigenvalue weighted by Gasteiger charge is 2.14. The van der Waals surface area contributed by atoms with Crippen molar-refractivity contribution in [2.75, 3.05) is 29.0 Å². The first-order valence-corrected chi connectivity index (χ1v) is 9.90. The quantitative estimate of drug-likeness (QED) is 0.657. The molecule has 0 fully saturated rings. The van der Waals surface area contributed by atoms with Gasteiger partial charge < -0.3 is 10.2 Å². The van der Waals surface area contributed by atoms with E-state index in [4.69, 9.17) is 0 Å². The van der Waals surface area contributed by atoms with E-state index in [1.54, 1.807) is 24.3 Å². The van der Waals surface area contributed by atoms with E-state index in [2.05, 4.69) is 20.0 Å². The maximum Gasteiger partial charge on any atom is 0.261 e. The second-order valence-corrected chi connectivity index (χ2v) is 8.00. The molecule has 3 aromatic rings. The van der Waals surface area contributed by atoms with E-state index in [0.29, 0.717) is 17.3 Å². The molecule has 28 heavy (non-hydrogen) atoms. The zero-order valence-electron chi connectivity index (χ0n) is 15.6. The molecule has 0 unspecified atom stereocenters. The zero-order valence-corrected chi connectivity index (χ0v) is 16.5. The van der Waals surface area contributed by atoms with Crippen molar-refractivity contribution in [3.05, 3.63) is 66.2 Å². The Morgan fingerprint density at radius 3 is 2.14 bits per heavy atom. The van der Waals surface area contributed by atoms with Crippen molar-refractivity contribution in [3.63, 3.8) is 0 Å². The van der Waals surface area contributed by atoms with E-state index in [1.165, 1.54) is 12.1 Å². The van der Waals surface area contributed by atoms with Crippen molar-refractivity contribution in [1.82, 2.24) is 9.97 Å². The van der Waals surface area contributed by atoms with Crippen molar-refractivity contribution < 1.29 is 12.8 Å². The van der Waals surface area contributed by atoms with Gasteiger partial charge in [0.05, 0.1) is 4.90 Å². The Bertz CT molecular complexity index is 1070. The Kier molecular flexibility index (Phi) is 5.46. The van der Waals surface area contributed by atoms with Crippen LogP contribution in [-0.2, 0) is 10.0 Å². The fraction of sp³-hybridized carbons (Fsp3) is 0.158. The molecule has 3 rings (SSSR count). The fourth-order valence-corrected chi connectivity index (χ4v) is 3.50. The van der Waals surface area contributed by atoms with Gasteiger partial charge in [0.2, 0.25) is 0 Å². The summed E-state index contributed by atoms with van der Waals surface area (Å²) in [5, 5.41) is 3.17. The summed E-state index contributed by atoms with van der Waals surface area (Å²) in [5.74, 6) is 1.55. The standard InChI is InChI=1S/C19H20FN5O2S/c1-13-21-18(12-19(22-13)25(2)3)23-15-6-8-16(9-7-15)24-28(26,27)17-10-4-14(20)5-11-17/h4-12,24H,1-3H3,(H,21,22,23). The number of hydrogen-bond acceptors (Lipinski definition) is 6. The van der Waals surface area contributed by atoms with Crippen LogP contribution in [0, 0.1) is 12.7 Å². The molecule has 1 heterocycles. The molecule has 1 aromatic heterocycles. The van der Waals surface area contributed by atoms with Crippen LogP contribution in [0.2, 0.25) is 0 Å². The SMILES string of the molecule is Cc1nc(Nc2ccc(NS(=O)(=O)c3ccc(F)cc3)cc2)cc(N(C)C)n1. The third kappa shape index (κ3) is 4.74. The van der Waals surface area contributed by atoms with Gasteiger partial charge in [-0.05, 0) is 55.5 Å². The lowest BCUT2D eigenvalue weighted by Crippen LogP contribution is -2.13. The number of halogens is 1. The molecule has 0 aliphatic carbocycles. The predicted molar refractivity (Wildman–Crippen MR) is 108 cm³/mol. The van der Waals surface area contributed by atoms with Crippen molar-refractivity contribution in [3.8, 4) is 0 Å². The lowest BCUT2D eigenvalue weighted by Gasteiger charge is -2.14. The monoisotopic (exact) mass is 401 g/mol. The fourth-order valence-electron chi connectivity index (χ4n) is 2.44. The Labute approximate surface area is 163 Å². The molecular weight excluding hydrogens is 381 g/mol. The number of sulfonamides is 1. The number of nitrogens with zero attached hydrogens (tertiary/aromatic N) is 3. The van der Waals surface area contributed by atoms with Crippen LogP contribution in [0.4, 0.5) is 27.4 Å². The summed E-state index contributed by atoms with van der Waals surface area (Å²) >= 11 is 0. The second-order valence-electron chi connectivity index (χ2n) is 6.31. The number of rotatable bonds is 6. The summed E-state index contributed by atoms with van der Waals surface area (Å²) in [7, 11) is 0.00701. The normalized spacial score (nSPS) is 11.1. The van der Waals surface area contributed by atoms with E-state index < -0.39 is 15.8 Å². The van der Waals surface area contributed by atoms with E-state index in [0.717, 1.165) is 23.6 Å². The molecule has 0 bridgehead atoms. The first-order valence-electron chi connectivity index (χ1n) is 8.41. The molecule has 0 amide bonds. The lowest BCUT2D eigenvalue weighted by atomic mass is 10.3. The Balaban J connectivity index is 1.74. The van der Waals surface area contributed by atoms with Gasteiger partial charge in [-0.15, -0.1) is 0 Å². The highest BCUT2D eigenvalue weighted by Crippen LogP contribution is 2.22. The van der Waals surface area contributed by atoms with Gasteiger partial charge in [-0.2, -0.15) is 0 Å². The van der Waals surface area contributed by atoms with Gasteiger partial charge in [0.15, 0.2) is 0 Å². The average Bonchev–Trinajstić information content (AvgIpc) is 2.63. The third-order valence-corrected chi connectivity index (χ3v) is 5.21. The zero-order chi connectivity index (χ0) is 20.3. The number of aromatic nitrogens is 2. The van der Waals surface area contributed by atoms with Crippen LogP contribution in [0.5, 0.6) is 0 Å². The van der Waals surface area contributed by atoms with Crippen molar-refractivity contribution in [2.45, 2.75) is 11.8 Å². The molecular formula is C19H20FN5O2S. The molecule has 0 atom stereocenters. The molecule has 0 saturated carbocycles.